The molecule has 0 heterocycles. The summed E-state index contributed by atoms with van der Waals surface area (Å²) in [5.41, 5.74) is 2.16. The van der Waals surface area contributed by atoms with E-state index in [4.69, 9.17) is 0 Å². The summed E-state index contributed by atoms with van der Waals surface area (Å²) in [6.45, 7) is 0. The van der Waals surface area contributed by atoms with Gasteiger partial charge < -0.3 is 0 Å². The number of hydrogen-bond acceptors (Lipinski definition) is 4. The molecule has 0 saturated carbocycles. The van der Waals surface area contributed by atoms with Gasteiger partial charge in [-0.2, -0.15) is 0 Å². The number of anilines is 2. The van der Waals surface area contributed by atoms with Crippen molar-refractivity contribution < 1.29 is 13.0 Å². The summed E-state index contributed by atoms with van der Waals surface area (Å²) >= 11 is -2.36. The number of halogens is 1. The minimum absolute atomic E-state index is 0.00132. The standard InChI is InChI=1S/C22H25IN2O3S/c1-24(2)19-13-9-17(10-14-19)23(18-11-15-20(16-12-18)25(3)4)21-7-5-6-8-22(21)29(26,27)28/h5-16H,1-4H3,(H,26,27,28). The second-order valence-electron chi connectivity index (χ2n) is 6.93. The fourth-order valence-electron chi connectivity index (χ4n) is 2.90. The van der Waals surface area contributed by atoms with Gasteiger partial charge in [-0.25, -0.2) is 0 Å². The van der Waals surface area contributed by atoms with Crippen LogP contribution >= 0.6 is 19.8 Å². The Morgan fingerprint density at radius 3 is 1.48 bits per heavy atom. The Bertz CT molecular complexity index is 1030. The van der Waals surface area contributed by atoms with Crippen molar-refractivity contribution in [2.24, 2.45) is 0 Å². The Balaban J connectivity index is 2.20. The SMILES string of the molecule is CN(C)c1ccc(I(c2ccc(N(C)C)cc2)c2ccccc2S(=O)(=O)O)cc1. The summed E-state index contributed by atoms with van der Waals surface area (Å²) in [5, 5.41) is 0. The van der Waals surface area contributed by atoms with E-state index in [9.17, 15) is 13.0 Å². The molecule has 0 unspecified atom stereocenters. The molecule has 0 spiro atoms. The van der Waals surface area contributed by atoms with Gasteiger partial charge in [0, 0.05) is 0 Å². The van der Waals surface area contributed by atoms with E-state index in [0.29, 0.717) is 3.57 Å². The van der Waals surface area contributed by atoms with Crippen molar-refractivity contribution in [3.05, 3.63) is 83.5 Å². The number of hydrogen-bond donors (Lipinski definition) is 1. The molecule has 0 aliphatic rings. The summed E-state index contributed by atoms with van der Waals surface area (Å²) in [6, 6.07) is 23.2. The third-order valence-electron chi connectivity index (χ3n) is 4.44. The van der Waals surface area contributed by atoms with Crippen LogP contribution < -0.4 is 9.80 Å². The molecule has 29 heavy (non-hydrogen) atoms. The normalized spacial score (nSPS) is 11.8. The topological polar surface area (TPSA) is 60.9 Å². The predicted octanol–water partition coefficient (Wildman–Crippen LogP) is 4.48. The molecule has 0 aromatic heterocycles. The van der Waals surface area contributed by atoms with Crippen LogP contribution in [0.15, 0.2) is 77.7 Å². The monoisotopic (exact) mass is 524 g/mol. The van der Waals surface area contributed by atoms with Gasteiger partial charge in [-0.05, 0) is 0 Å². The molecule has 0 radical (unpaired) electrons. The van der Waals surface area contributed by atoms with Crippen molar-refractivity contribution in [2.75, 3.05) is 38.0 Å². The zero-order chi connectivity index (χ0) is 21.2. The van der Waals surface area contributed by atoms with Crippen molar-refractivity contribution >= 4 is 41.3 Å². The van der Waals surface area contributed by atoms with Gasteiger partial charge in [-0.1, -0.05) is 0 Å². The van der Waals surface area contributed by atoms with E-state index in [1.54, 1.807) is 6.07 Å². The second kappa shape index (κ2) is 8.73. The number of nitrogens with zero attached hydrogens (tertiary/aromatic N) is 2. The molecule has 7 heteroatoms. The van der Waals surface area contributed by atoms with E-state index < -0.39 is 29.9 Å². The number of benzene rings is 3. The summed E-state index contributed by atoms with van der Waals surface area (Å²) in [7, 11) is 3.63. The zero-order valence-corrected chi connectivity index (χ0v) is 19.8. The van der Waals surface area contributed by atoms with E-state index in [1.807, 2.05) is 74.4 Å². The van der Waals surface area contributed by atoms with Crippen LogP contribution in [0.3, 0.4) is 0 Å². The van der Waals surface area contributed by atoms with Gasteiger partial charge in [0.2, 0.25) is 0 Å². The van der Waals surface area contributed by atoms with Gasteiger partial charge in [-0.15, -0.1) is 0 Å². The van der Waals surface area contributed by atoms with E-state index in [-0.39, 0.29) is 4.90 Å². The van der Waals surface area contributed by atoms with Crippen molar-refractivity contribution in [2.45, 2.75) is 4.90 Å². The molecule has 0 bridgehead atoms. The predicted molar refractivity (Wildman–Crippen MR) is 128 cm³/mol. The molecule has 0 saturated heterocycles. The van der Waals surface area contributed by atoms with Crippen LogP contribution in [-0.4, -0.2) is 41.2 Å². The summed E-state index contributed by atoms with van der Waals surface area (Å²) < 4.78 is 36.9. The van der Waals surface area contributed by atoms with Crippen molar-refractivity contribution in [3.63, 3.8) is 0 Å². The first-order chi connectivity index (χ1) is 13.7. The molecule has 0 atom stereocenters. The third-order valence-corrected chi connectivity index (χ3v) is 11.8. The Kier molecular flexibility index (Phi) is 6.50. The van der Waals surface area contributed by atoms with E-state index >= 15 is 0 Å². The minimum atomic E-state index is -4.31. The Morgan fingerprint density at radius 2 is 1.10 bits per heavy atom. The molecule has 5 nitrogen and oxygen atoms in total. The molecule has 3 rings (SSSR count). The molecule has 3 aromatic rings. The van der Waals surface area contributed by atoms with Crippen LogP contribution in [0.1, 0.15) is 0 Å². The fraction of sp³-hybridized carbons (Fsp3) is 0.182. The van der Waals surface area contributed by atoms with E-state index in [2.05, 4.69) is 24.3 Å². The molecule has 3 aromatic carbocycles. The molecule has 1 N–H and O–H groups in total. The first-order valence-electron chi connectivity index (χ1n) is 8.99. The number of rotatable bonds is 6. The van der Waals surface area contributed by atoms with Crippen molar-refractivity contribution in [3.8, 4) is 0 Å². The molecule has 0 aliphatic heterocycles. The van der Waals surface area contributed by atoms with Gasteiger partial charge in [0.05, 0.1) is 0 Å². The molecule has 0 fully saturated rings. The van der Waals surface area contributed by atoms with Crippen LogP contribution in [-0.2, 0) is 10.1 Å². The van der Waals surface area contributed by atoms with Crippen LogP contribution in [0.25, 0.3) is 0 Å². The Morgan fingerprint density at radius 1 is 0.690 bits per heavy atom. The summed E-state index contributed by atoms with van der Waals surface area (Å²) in [6.07, 6.45) is 0. The summed E-state index contributed by atoms with van der Waals surface area (Å²) in [5.74, 6) is 0. The first-order valence-corrected chi connectivity index (χ1v) is 13.7. The van der Waals surface area contributed by atoms with Crippen LogP contribution in [0.2, 0.25) is 0 Å². The molecule has 154 valence electrons. The maximum absolute atomic E-state index is 12.1. The fourth-order valence-corrected chi connectivity index (χ4v) is 10.3. The van der Waals surface area contributed by atoms with Gasteiger partial charge in [0.1, 0.15) is 0 Å². The quantitative estimate of drug-likeness (QED) is 0.381. The Labute approximate surface area is 180 Å². The summed E-state index contributed by atoms with van der Waals surface area (Å²) in [4.78, 5) is 4.05. The van der Waals surface area contributed by atoms with E-state index in [1.165, 1.54) is 6.07 Å². The average molecular weight is 524 g/mol. The zero-order valence-electron chi connectivity index (χ0n) is 16.9. The third kappa shape index (κ3) is 4.91. The van der Waals surface area contributed by atoms with Gasteiger partial charge >= 0.3 is 181 Å². The van der Waals surface area contributed by atoms with Crippen LogP contribution in [0.5, 0.6) is 0 Å². The van der Waals surface area contributed by atoms with Gasteiger partial charge in [-0.3, -0.25) is 0 Å². The second-order valence-corrected chi connectivity index (χ2v) is 13.6. The van der Waals surface area contributed by atoms with Crippen LogP contribution in [0.4, 0.5) is 11.4 Å². The maximum atomic E-state index is 12.1. The average Bonchev–Trinajstić information content (AvgIpc) is 2.68. The van der Waals surface area contributed by atoms with Gasteiger partial charge in [0.25, 0.3) is 0 Å². The van der Waals surface area contributed by atoms with E-state index in [0.717, 1.165) is 18.5 Å². The van der Waals surface area contributed by atoms with Crippen molar-refractivity contribution in [1.82, 2.24) is 0 Å². The molecular weight excluding hydrogens is 499 g/mol. The first kappa shape index (κ1) is 21.6. The molecular formula is C22H25IN2O3S. The molecule has 0 amide bonds. The molecule has 0 aliphatic carbocycles. The van der Waals surface area contributed by atoms with Crippen LogP contribution in [0, 0.1) is 10.7 Å². The van der Waals surface area contributed by atoms with Gasteiger partial charge in [0.15, 0.2) is 0 Å². The van der Waals surface area contributed by atoms with Crippen molar-refractivity contribution in [1.29, 1.82) is 0 Å². The Hall–Kier alpha value is -2.10.